The van der Waals surface area contributed by atoms with Gasteiger partial charge in [-0.3, -0.25) is 4.99 Å². The average molecular weight is 363 g/mol. The minimum absolute atomic E-state index is 0.881. The number of nitrogens with zero attached hydrogens (tertiary/aromatic N) is 5. The summed E-state index contributed by atoms with van der Waals surface area (Å²) in [6.07, 6.45) is 6.70. The van der Waals surface area contributed by atoms with Gasteiger partial charge in [0.2, 0.25) is 5.13 Å². The normalized spacial score (nSPS) is 22.0. The summed E-state index contributed by atoms with van der Waals surface area (Å²) in [5.74, 6) is 4.90. The topological polar surface area (TPSA) is 56.7 Å². The lowest BCUT2D eigenvalue weighted by atomic mass is 9.98. The molecule has 1 aliphatic heterocycles. The first-order valence-corrected chi connectivity index (χ1v) is 10.6. The van der Waals surface area contributed by atoms with E-state index in [0.717, 1.165) is 73.8 Å². The Morgan fingerprint density at radius 1 is 1.20 bits per heavy atom. The summed E-state index contributed by atoms with van der Waals surface area (Å²) in [7, 11) is 1.91. The van der Waals surface area contributed by atoms with E-state index in [9.17, 15) is 0 Å². The zero-order chi connectivity index (χ0) is 17.2. The zero-order valence-corrected chi connectivity index (χ0v) is 16.3. The second kappa shape index (κ2) is 7.48. The fourth-order valence-corrected chi connectivity index (χ4v) is 4.74. The van der Waals surface area contributed by atoms with Gasteiger partial charge in [0, 0.05) is 57.7 Å². The minimum Gasteiger partial charge on any atom is -0.356 e. The third-order valence-corrected chi connectivity index (χ3v) is 6.60. The van der Waals surface area contributed by atoms with Crippen molar-refractivity contribution in [2.24, 2.45) is 22.7 Å². The molecule has 3 fully saturated rings. The molecule has 7 heteroatoms. The summed E-state index contributed by atoms with van der Waals surface area (Å²) in [6.45, 7) is 7.20. The molecule has 0 aromatic carbocycles. The quantitative estimate of drug-likeness (QED) is 0.621. The van der Waals surface area contributed by atoms with E-state index in [2.05, 4.69) is 36.4 Å². The number of nitrogens with one attached hydrogen (secondary N) is 1. The number of aryl methyl sites for hydroxylation is 1. The molecule has 0 amide bonds. The Hall–Kier alpha value is -1.37. The third-order valence-electron chi connectivity index (χ3n) is 5.79. The van der Waals surface area contributed by atoms with E-state index in [0.29, 0.717) is 0 Å². The fraction of sp³-hybridized carbons (Fsp3) is 0.833. The van der Waals surface area contributed by atoms with Crippen LogP contribution in [0.5, 0.6) is 0 Å². The summed E-state index contributed by atoms with van der Waals surface area (Å²) in [6, 6.07) is 0. The van der Waals surface area contributed by atoms with Crippen LogP contribution in [0.4, 0.5) is 5.13 Å². The highest BCUT2D eigenvalue weighted by Crippen LogP contribution is 2.48. The number of hydrogen-bond acceptors (Lipinski definition) is 5. The van der Waals surface area contributed by atoms with Crippen LogP contribution >= 0.6 is 11.5 Å². The van der Waals surface area contributed by atoms with Crippen molar-refractivity contribution in [3.63, 3.8) is 0 Å². The van der Waals surface area contributed by atoms with Crippen molar-refractivity contribution in [1.29, 1.82) is 0 Å². The van der Waals surface area contributed by atoms with Gasteiger partial charge in [-0.2, -0.15) is 4.37 Å². The van der Waals surface area contributed by atoms with Crippen LogP contribution in [0.3, 0.4) is 0 Å². The maximum Gasteiger partial charge on any atom is 0.205 e. The lowest BCUT2D eigenvalue weighted by Crippen LogP contribution is -2.53. The van der Waals surface area contributed by atoms with Crippen LogP contribution in [0.15, 0.2) is 4.99 Å². The van der Waals surface area contributed by atoms with Gasteiger partial charge in [0.15, 0.2) is 5.96 Å². The molecule has 2 aliphatic carbocycles. The number of hydrogen-bond donors (Lipinski definition) is 1. The van der Waals surface area contributed by atoms with Gasteiger partial charge in [0.25, 0.3) is 0 Å². The van der Waals surface area contributed by atoms with Crippen LogP contribution in [0.2, 0.25) is 0 Å². The van der Waals surface area contributed by atoms with Gasteiger partial charge in [-0.15, -0.1) is 0 Å². The van der Waals surface area contributed by atoms with Crippen molar-refractivity contribution in [3.8, 4) is 0 Å². The lowest BCUT2D eigenvalue weighted by Gasteiger charge is -2.36. The standard InChI is InChI=1S/C18H30N6S/c1-3-16-21-18(25-22-16)24-10-8-23(9-11-24)17(19-2)20-12-15(13-4-5-13)14-6-7-14/h13-15H,3-12H2,1-2H3,(H,19,20). The number of rotatable bonds is 6. The van der Waals surface area contributed by atoms with Gasteiger partial charge < -0.3 is 15.1 Å². The number of guanidine groups is 1. The summed E-state index contributed by atoms with van der Waals surface area (Å²) in [4.78, 5) is 13.9. The number of aromatic nitrogens is 2. The smallest absolute Gasteiger partial charge is 0.205 e. The Balaban J connectivity index is 1.28. The van der Waals surface area contributed by atoms with E-state index in [4.69, 9.17) is 0 Å². The third kappa shape index (κ3) is 4.07. The number of anilines is 1. The Bertz CT molecular complexity index is 586. The molecule has 0 atom stereocenters. The van der Waals surface area contributed by atoms with E-state index in [-0.39, 0.29) is 0 Å². The second-order valence-electron chi connectivity index (χ2n) is 7.59. The van der Waals surface area contributed by atoms with Crippen LogP contribution in [0.1, 0.15) is 38.4 Å². The average Bonchev–Trinajstić information content (AvgIpc) is 3.58. The first kappa shape index (κ1) is 17.1. The first-order valence-electron chi connectivity index (χ1n) is 9.81. The van der Waals surface area contributed by atoms with E-state index >= 15 is 0 Å². The van der Waals surface area contributed by atoms with Crippen LogP contribution in [0.25, 0.3) is 0 Å². The molecule has 4 rings (SSSR count). The molecular formula is C18H30N6S. The van der Waals surface area contributed by atoms with Crippen molar-refractivity contribution in [2.75, 3.05) is 44.7 Å². The van der Waals surface area contributed by atoms with E-state index in [1.165, 1.54) is 37.2 Å². The summed E-state index contributed by atoms with van der Waals surface area (Å²) in [5, 5.41) is 4.75. The largest absolute Gasteiger partial charge is 0.356 e. The molecule has 0 unspecified atom stereocenters. The molecule has 0 spiro atoms. The monoisotopic (exact) mass is 362 g/mol. The molecule has 1 aromatic heterocycles. The fourth-order valence-electron chi connectivity index (χ4n) is 3.93. The van der Waals surface area contributed by atoms with Crippen molar-refractivity contribution in [1.82, 2.24) is 19.6 Å². The SMILES string of the molecule is CCc1nsc(N2CCN(C(=NC)NCC(C3CC3)C3CC3)CC2)n1. The van der Waals surface area contributed by atoms with E-state index in [1.807, 2.05) is 7.05 Å². The summed E-state index contributed by atoms with van der Waals surface area (Å²) in [5.41, 5.74) is 0. The summed E-state index contributed by atoms with van der Waals surface area (Å²) >= 11 is 1.53. The van der Waals surface area contributed by atoms with Gasteiger partial charge in [-0.1, -0.05) is 6.92 Å². The Labute approximate surface area is 154 Å². The van der Waals surface area contributed by atoms with Crippen molar-refractivity contribution in [2.45, 2.75) is 39.0 Å². The lowest BCUT2D eigenvalue weighted by molar-refractivity contribution is 0.354. The van der Waals surface area contributed by atoms with Crippen LogP contribution in [-0.4, -0.2) is 60.0 Å². The predicted octanol–water partition coefficient (Wildman–Crippen LogP) is 2.23. The number of piperazine rings is 1. The van der Waals surface area contributed by atoms with Gasteiger partial charge in [0.05, 0.1) is 0 Å². The highest BCUT2D eigenvalue weighted by molar-refractivity contribution is 7.09. The molecule has 0 radical (unpaired) electrons. The number of aliphatic imine (C=N–C) groups is 1. The zero-order valence-electron chi connectivity index (χ0n) is 15.4. The molecule has 1 saturated heterocycles. The molecule has 1 N–H and O–H groups in total. The molecular weight excluding hydrogens is 332 g/mol. The molecule has 25 heavy (non-hydrogen) atoms. The van der Waals surface area contributed by atoms with E-state index < -0.39 is 0 Å². The van der Waals surface area contributed by atoms with Gasteiger partial charge in [-0.25, -0.2) is 4.98 Å². The Morgan fingerprint density at radius 3 is 2.40 bits per heavy atom. The highest BCUT2D eigenvalue weighted by atomic mass is 32.1. The van der Waals surface area contributed by atoms with Gasteiger partial charge in [-0.05, 0) is 43.4 Å². The maximum atomic E-state index is 4.62. The maximum absolute atomic E-state index is 4.62. The molecule has 3 aliphatic rings. The molecule has 0 bridgehead atoms. The summed E-state index contributed by atoms with van der Waals surface area (Å²) < 4.78 is 4.41. The molecule has 2 heterocycles. The molecule has 2 saturated carbocycles. The first-order chi connectivity index (χ1) is 12.3. The second-order valence-corrected chi connectivity index (χ2v) is 8.32. The Kier molecular flexibility index (Phi) is 5.10. The van der Waals surface area contributed by atoms with Gasteiger partial charge >= 0.3 is 0 Å². The highest BCUT2D eigenvalue weighted by Gasteiger charge is 2.41. The van der Waals surface area contributed by atoms with Crippen molar-refractivity contribution in [3.05, 3.63) is 5.82 Å². The van der Waals surface area contributed by atoms with Crippen molar-refractivity contribution < 1.29 is 0 Å². The Morgan fingerprint density at radius 2 is 1.88 bits per heavy atom. The molecule has 6 nitrogen and oxygen atoms in total. The minimum atomic E-state index is 0.881. The van der Waals surface area contributed by atoms with Crippen LogP contribution in [-0.2, 0) is 6.42 Å². The van der Waals surface area contributed by atoms with Crippen LogP contribution < -0.4 is 10.2 Å². The predicted molar refractivity (Wildman–Crippen MR) is 103 cm³/mol. The van der Waals surface area contributed by atoms with Gasteiger partial charge in [0.1, 0.15) is 5.82 Å². The van der Waals surface area contributed by atoms with Crippen LogP contribution in [0, 0.1) is 17.8 Å². The van der Waals surface area contributed by atoms with E-state index in [1.54, 1.807) is 0 Å². The molecule has 1 aromatic rings. The van der Waals surface area contributed by atoms with Crippen molar-refractivity contribution >= 4 is 22.6 Å². The molecule has 138 valence electrons.